The second-order valence-electron chi connectivity index (χ2n) is 2.67. The maximum absolute atomic E-state index is 10.8. The minimum Gasteiger partial charge on any atom is -0.366 e. The summed E-state index contributed by atoms with van der Waals surface area (Å²) >= 11 is 0. The maximum atomic E-state index is 10.8. The minimum absolute atomic E-state index is 0. The van der Waals surface area contributed by atoms with E-state index in [1.54, 1.807) is 12.3 Å². The first-order valence-electron chi connectivity index (χ1n) is 3.81. The molecule has 0 aliphatic carbocycles. The number of primary amides is 1. The lowest BCUT2D eigenvalue weighted by Gasteiger charge is -2.10. The van der Waals surface area contributed by atoms with Gasteiger partial charge in [0.05, 0.1) is 5.56 Å². The molecule has 0 bridgehead atoms. The third-order valence-corrected chi connectivity index (χ3v) is 1.77. The molecule has 1 aromatic rings. The summed E-state index contributed by atoms with van der Waals surface area (Å²) in [6.07, 6.45) is 3.12. The molecule has 0 unspecified atom stereocenters. The van der Waals surface area contributed by atoms with Crippen LogP contribution < -0.4 is 11.1 Å². The number of rotatable bonds is 1. The van der Waals surface area contributed by atoms with Gasteiger partial charge < -0.3 is 11.1 Å². The highest BCUT2D eigenvalue weighted by Crippen LogP contribution is 2.14. The Morgan fingerprint density at radius 1 is 1.57 bits per heavy atom. The molecule has 3 N–H and O–H groups in total. The van der Waals surface area contributed by atoms with E-state index < -0.39 is 5.91 Å². The Balaban J connectivity index is 0.000000980. The summed E-state index contributed by atoms with van der Waals surface area (Å²) in [7, 11) is 0. The van der Waals surface area contributed by atoms with Crippen LogP contribution in [0.5, 0.6) is 0 Å². The lowest BCUT2D eigenvalue weighted by molar-refractivity contribution is 0.1000. The number of hydrogen-bond donors (Lipinski definition) is 2. The molecule has 0 fully saturated rings. The molecule has 0 radical (unpaired) electrons. The molecular formula is C8H9ClN4O. The summed E-state index contributed by atoms with van der Waals surface area (Å²) < 4.78 is 0. The van der Waals surface area contributed by atoms with Gasteiger partial charge in [0.1, 0.15) is 12.5 Å². The number of carbonyl (C=O) groups is 1. The average molecular weight is 213 g/mol. The average Bonchev–Trinajstić information content (AvgIpc) is 2.17. The molecule has 2 rings (SSSR count). The van der Waals surface area contributed by atoms with Gasteiger partial charge in [-0.1, -0.05) is 0 Å². The van der Waals surface area contributed by atoms with Crippen molar-refractivity contribution in [3.63, 3.8) is 0 Å². The largest absolute Gasteiger partial charge is 0.366 e. The summed E-state index contributed by atoms with van der Waals surface area (Å²) in [5.41, 5.74) is 6.29. The summed E-state index contributed by atoms with van der Waals surface area (Å²) in [6.45, 7) is 0.524. The van der Waals surface area contributed by atoms with Crippen LogP contribution in [0.1, 0.15) is 15.9 Å². The van der Waals surface area contributed by atoms with Crippen LogP contribution >= 0.6 is 12.4 Å². The van der Waals surface area contributed by atoms with Crippen molar-refractivity contribution in [1.82, 2.24) is 4.98 Å². The molecule has 1 aliphatic rings. The van der Waals surface area contributed by atoms with Gasteiger partial charge in [-0.25, -0.2) is 4.98 Å². The highest BCUT2D eigenvalue weighted by molar-refractivity contribution is 5.96. The zero-order valence-corrected chi connectivity index (χ0v) is 8.04. The van der Waals surface area contributed by atoms with Crippen LogP contribution in [0.15, 0.2) is 17.3 Å². The molecule has 14 heavy (non-hydrogen) atoms. The Bertz CT molecular complexity index is 391. The van der Waals surface area contributed by atoms with Crippen LogP contribution in [-0.2, 0) is 0 Å². The fourth-order valence-electron chi connectivity index (χ4n) is 1.13. The Hall–Kier alpha value is -1.62. The summed E-state index contributed by atoms with van der Waals surface area (Å²) in [5.74, 6) is 0.259. The van der Waals surface area contributed by atoms with Gasteiger partial charge >= 0.3 is 0 Å². The third-order valence-electron chi connectivity index (χ3n) is 1.77. The number of aliphatic imine (C=N–C) groups is 1. The highest BCUT2D eigenvalue weighted by atomic mass is 35.5. The number of halogens is 1. The molecule has 5 nitrogen and oxygen atoms in total. The minimum atomic E-state index is -0.478. The molecule has 1 amide bonds. The van der Waals surface area contributed by atoms with Crippen molar-refractivity contribution in [3.8, 4) is 0 Å². The predicted molar refractivity (Wildman–Crippen MR) is 56.1 cm³/mol. The number of nitrogens with two attached hydrogens (primary N) is 1. The zero-order valence-electron chi connectivity index (χ0n) is 7.23. The topological polar surface area (TPSA) is 80.4 Å². The van der Waals surface area contributed by atoms with Crippen molar-refractivity contribution >= 4 is 30.3 Å². The molecule has 0 saturated carbocycles. The van der Waals surface area contributed by atoms with Gasteiger partial charge in [0.2, 0.25) is 5.91 Å². The first-order valence-corrected chi connectivity index (χ1v) is 3.81. The molecule has 2 heterocycles. The van der Waals surface area contributed by atoms with Crippen molar-refractivity contribution in [2.45, 2.75) is 0 Å². The second kappa shape index (κ2) is 4.06. The van der Waals surface area contributed by atoms with E-state index in [0.29, 0.717) is 12.2 Å². The lowest BCUT2D eigenvalue weighted by Crippen LogP contribution is -2.15. The van der Waals surface area contributed by atoms with Crippen LogP contribution in [0.3, 0.4) is 0 Å². The highest BCUT2D eigenvalue weighted by Gasteiger charge is 2.08. The smallest absolute Gasteiger partial charge is 0.250 e. The molecule has 0 aromatic carbocycles. The first-order chi connectivity index (χ1) is 6.27. The van der Waals surface area contributed by atoms with E-state index in [1.165, 1.54) is 6.20 Å². The number of aromatic nitrogens is 1. The number of nitrogens with one attached hydrogen (secondary N) is 1. The summed E-state index contributed by atoms with van der Waals surface area (Å²) in [5, 5.41) is 2.97. The van der Waals surface area contributed by atoms with Crippen LogP contribution in [0.25, 0.3) is 0 Å². The first kappa shape index (κ1) is 10.5. The monoisotopic (exact) mass is 212 g/mol. The standard InChI is InChI=1S/C8H8N4O.ClH/c9-7(13)5-1-6-2-10-4-12-8(6)11-3-5;/h1-3H,4H2,(H2,9,13)(H,11,12);1H. The van der Waals surface area contributed by atoms with Gasteiger partial charge in [0.15, 0.2) is 0 Å². The summed E-state index contributed by atoms with van der Waals surface area (Å²) in [4.78, 5) is 18.8. The van der Waals surface area contributed by atoms with Gasteiger partial charge in [-0.15, -0.1) is 12.4 Å². The lowest BCUT2D eigenvalue weighted by atomic mass is 10.2. The molecule has 74 valence electrons. The number of fused-ring (bicyclic) bond motifs is 1. The normalized spacial score (nSPS) is 12.3. The molecular weight excluding hydrogens is 204 g/mol. The van der Waals surface area contributed by atoms with E-state index in [0.717, 1.165) is 11.4 Å². The van der Waals surface area contributed by atoms with Crippen molar-refractivity contribution in [1.29, 1.82) is 0 Å². The van der Waals surface area contributed by atoms with Crippen LogP contribution in [0.2, 0.25) is 0 Å². The molecule has 1 aromatic heterocycles. The fraction of sp³-hybridized carbons (Fsp3) is 0.125. The number of hydrogen-bond acceptors (Lipinski definition) is 4. The SMILES string of the molecule is Cl.NC(=O)c1cnc2c(c1)C=NCN2. The van der Waals surface area contributed by atoms with Crippen molar-refractivity contribution < 1.29 is 4.79 Å². The van der Waals surface area contributed by atoms with Gasteiger partial charge in [-0.05, 0) is 6.07 Å². The number of nitrogens with zero attached hydrogens (tertiary/aromatic N) is 2. The van der Waals surface area contributed by atoms with E-state index in [9.17, 15) is 4.79 Å². The molecule has 6 heteroatoms. The van der Waals surface area contributed by atoms with E-state index in [2.05, 4.69) is 15.3 Å². The Labute approximate surface area is 86.8 Å². The number of anilines is 1. The zero-order chi connectivity index (χ0) is 9.26. The fourth-order valence-corrected chi connectivity index (χ4v) is 1.13. The van der Waals surface area contributed by atoms with Gasteiger partial charge in [0, 0.05) is 18.0 Å². The van der Waals surface area contributed by atoms with Gasteiger partial charge in [-0.2, -0.15) is 0 Å². The van der Waals surface area contributed by atoms with Crippen LogP contribution in [-0.4, -0.2) is 23.8 Å². The summed E-state index contributed by atoms with van der Waals surface area (Å²) in [6, 6.07) is 1.67. The number of amides is 1. The van der Waals surface area contributed by atoms with E-state index in [-0.39, 0.29) is 12.4 Å². The van der Waals surface area contributed by atoms with Crippen LogP contribution in [0.4, 0.5) is 5.82 Å². The maximum Gasteiger partial charge on any atom is 0.250 e. The molecule has 1 aliphatic heterocycles. The number of carbonyl (C=O) groups excluding carboxylic acids is 1. The van der Waals surface area contributed by atoms with E-state index in [4.69, 9.17) is 5.73 Å². The van der Waals surface area contributed by atoms with Crippen molar-refractivity contribution in [2.75, 3.05) is 12.0 Å². The van der Waals surface area contributed by atoms with Crippen molar-refractivity contribution in [2.24, 2.45) is 10.7 Å². The Morgan fingerprint density at radius 3 is 3.07 bits per heavy atom. The third kappa shape index (κ3) is 1.82. The van der Waals surface area contributed by atoms with E-state index in [1.807, 2.05) is 0 Å². The quantitative estimate of drug-likeness (QED) is 0.707. The molecule has 0 atom stereocenters. The van der Waals surface area contributed by atoms with Crippen LogP contribution in [0, 0.1) is 0 Å². The molecule has 0 saturated heterocycles. The van der Waals surface area contributed by atoms with Gasteiger partial charge in [0.25, 0.3) is 0 Å². The Morgan fingerprint density at radius 2 is 2.36 bits per heavy atom. The Kier molecular flexibility index (Phi) is 3.03. The van der Waals surface area contributed by atoms with Gasteiger partial charge in [-0.3, -0.25) is 9.79 Å². The predicted octanol–water partition coefficient (Wildman–Crippen LogP) is 0.404. The molecule has 0 spiro atoms. The second-order valence-corrected chi connectivity index (χ2v) is 2.67. The van der Waals surface area contributed by atoms with Crippen molar-refractivity contribution in [3.05, 3.63) is 23.4 Å². The van der Waals surface area contributed by atoms with E-state index >= 15 is 0 Å². The number of pyridine rings is 1.